The van der Waals surface area contributed by atoms with Gasteiger partial charge in [0.25, 0.3) is 0 Å². The van der Waals surface area contributed by atoms with E-state index in [4.69, 9.17) is 4.74 Å². The minimum absolute atomic E-state index is 0.511. The van der Waals surface area contributed by atoms with E-state index in [0.29, 0.717) is 24.0 Å². The average Bonchev–Trinajstić information content (AvgIpc) is 2.37. The molecule has 1 fully saturated rings. The van der Waals surface area contributed by atoms with Crippen molar-refractivity contribution in [2.75, 3.05) is 26.8 Å². The minimum Gasteiger partial charge on any atom is -0.383 e. The fourth-order valence-electron chi connectivity index (χ4n) is 2.91. The summed E-state index contributed by atoms with van der Waals surface area (Å²) in [6, 6.07) is 1.78. The van der Waals surface area contributed by atoms with Gasteiger partial charge >= 0.3 is 0 Å². The van der Waals surface area contributed by atoms with Crippen molar-refractivity contribution >= 4 is 0 Å². The number of hydrogen-bond donors (Lipinski definition) is 1. The fourth-order valence-corrected chi connectivity index (χ4v) is 2.91. The standard InChI is InChI=1S/C15H32N2O/c1-7-12(4)15-8-16-14(11(2)3)9-17(15)13(5)10-18-6/h11-16H,7-10H2,1-6H3. The average molecular weight is 256 g/mol. The first-order valence-corrected chi connectivity index (χ1v) is 7.49. The SMILES string of the molecule is CCC(C)C1CNC(C(C)C)CN1C(C)COC. The number of hydrogen-bond acceptors (Lipinski definition) is 3. The number of piperazine rings is 1. The van der Waals surface area contributed by atoms with Crippen molar-refractivity contribution in [2.24, 2.45) is 11.8 Å². The number of nitrogens with zero attached hydrogens (tertiary/aromatic N) is 1. The molecule has 3 heteroatoms. The van der Waals surface area contributed by atoms with Gasteiger partial charge in [0.05, 0.1) is 6.61 Å². The van der Waals surface area contributed by atoms with Crippen LogP contribution in [-0.4, -0.2) is 49.8 Å². The number of rotatable bonds is 6. The van der Waals surface area contributed by atoms with Crippen LogP contribution in [-0.2, 0) is 4.74 Å². The van der Waals surface area contributed by atoms with Gasteiger partial charge in [-0.2, -0.15) is 0 Å². The van der Waals surface area contributed by atoms with Crippen molar-refractivity contribution in [1.29, 1.82) is 0 Å². The molecule has 0 amide bonds. The summed E-state index contributed by atoms with van der Waals surface area (Å²) >= 11 is 0. The van der Waals surface area contributed by atoms with E-state index >= 15 is 0 Å². The highest BCUT2D eigenvalue weighted by molar-refractivity contribution is 4.91. The van der Waals surface area contributed by atoms with Gasteiger partial charge in [-0.25, -0.2) is 0 Å². The summed E-state index contributed by atoms with van der Waals surface area (Å²) in [5, 5.41) is 3.73. The molecular formula is C15H32N2O. The van der Waals surface area contributed by atoms with Gasteiger partial charge in [-0.15, -0.1) is 0 Å². The van der Waals surface area contributed by atoms with Gasteiger partial charge in [0, 0.05) is 38.3 Å². The summed E-state index contributed by atoms with van der Waals surface area (Å²) in [6.07, 6.45) is 1.24. The Morgan fingerprint density at radius 1 is 1.28 bits per heavy atom. The van der Waals surface area contributed by atoms with Crippen LogP contribution in [0.1, 0.15) is 41.0 Å². The minimum atomic E-state index is 0.511. The lowest BCUT2D eigenvalue weighted by Gasteiger charge is -2.47. The highest BCUT2D eigenvalue weighted by atomic mass is 16.5. The van der Waals surface area contributed by atoms with Crippen LogP contribution in [0.2, 0.25) is 0 Å². The van der Waals surface area contributed by atoms with Crippen LogP contribution in [0.15, 0.2) is 0 Å². The molecule has 0 saturated carbocycles. The Kier molecular flexibility index (Phi) is 6.61. The molecule has 4 unspecified atom stereocenters. The summed E-state index contributed by atoms with van der Waals surface area (Å²) < 4.78 is 5.35. The van der Waals surface area contributed by atoms with E-state index < -0.39 is 0 Å². The zero-order chi connectivity index (χ0) is 13.7. The van der Waals surface area contributed by atoms with Crippen LogP contribution in [0.3, 0.4) is 0 Å². The van der Waals surface area contributed by atoms with Crippen LogP contribution in [0, 0.1) is 11.8 Å². The van der Waals surface area contributed by atoms with Gasteiger partial charge in [0.15, 0.2) is 0 Å². The largest absolute Gasteiger partial charge is 0.383 e. The van der Waals surface area contributed by atoms with E-state index in [1.54, 1.807) is 7.11 Å². The van der Waals surface area contributed by atoms with Crippen molar-refractivity contribution in [3.63, 3.8) is 0 Å². The molecule has 1 heterocycles. The molecule has 3 nitrogen and oxygen atoms in total. The van der Waals surface area contributed by atoms with E-state index in [2.05, 4.69) is 44.8 Å². The number of ether oxygens (including phenoxy) is 1. The zero-order valence-corrected chi connectivity index (χ0v) is 13.1. The molecule has 0 spiro atoms. The molecule has 18 heavy (non-hydrogen) atoms. The molecule has 1 aliphatic rings. The second-order valence-corrected chi connectivity index (χ2v) is 6.21. The van der Waals surface area contributed by atoms with E-state index in [1.165, 1.54) is 6.42 Å². The van der Waals surface area contributed by atoms with Gasteiger partial charge in [0.2, 0.25) is 0 Å². The first-order valence-electron chi connectivity index (χ1n) is 7.49. The van der Waals surface area contributed by atoms with Gasteiger partial charge in [-0.1, -0.05) is 34.1 Å². The second-order valence-electron chi connectivity index (χ2n) is 6.21. The summed E-state index contributed by atoms with van der Waals surface area (Å²) in [5.74, 6) is 1.44. The topological polar surface area (TPSA) is 24.5 Å². The highest BCUT2D eigenvalue weighted by Gasteiger charge is 2.34. The normalized spacial score (nSPS) is 29.5. The summed E-state index contributed by atoms with van der Waals surface area (Å²) in [6.45, 7) is 14.7. The fraction of sp³-hybridized carbons (Fsp3) is 1.00. The van der Waals surface area contributed by atoms with E-state index in [9.17, 15) is 0 Å². The van der Waals surface area contributed by atoms with Crippen LogP contribution < -0.4 is 5.32 Å². The first kappa shape index (κ1) is 15.9. The molecule has 108 valence electrons. The van der Waals surface area contributed by atoms with Crippen LogP contribution in [0.25, 0.3) is 0 Å². The molecule has 0 aromatic carbocycles. The Balaban J connectivity index is 2.72. The molecule has 1 aliphatic heterocycles. The van der Waals surface area contributed by atoms with E-state index in [1.807, 2.05) is 0 Å². The maximum atomic E-state index is 5.35. The zero-order valence-electron chi connectivity index (χ0n) is 13.1. The number of methoxy groups -OCH3 is 1. The monoisotopic (exact) mass is 256 g/mol. The van der Waals surface area contributed by atoms with Gasteiger partial charge in [0.1, 0.15) is 0 Å². The Morgan fingerprint density at radius 2 is 1.94 bits per heavy atom. The molecule has 0 aromatic rings. The lowest BCUT2D eigenvalue weighted by molar-refractivity contribution is 0.0139. The predicted molar refractivity (Wildman–Crippen MR) is 77.9 cm³/mol. The molecule has 0 aliphatic carbocycles. The molecule has 1 saturated heterocycles. The molecular weight excluding hydrogens is 224 g/mol. The van der Waals surface area contributed by atoms with Crippen molar-refractivity contribution < 1.29 is 4.74 Å². The van der Waals surface area contributed by atoms with Crippen molar-refractivity contribution in [3.8, 4) is 0 Å². The van der Waals surface area contributed by atoms with Crippen molar-refractivity contribution in [1.82, 2.24) is 10.2 Å². The molecule has 0 bridgehead atoms. The highest BCUT2D eigenvalue weighted by Crippen LogP contribution is 2.22. The van der Waals surface area contributed by atoms with Crippen molar-refractivity contribution in [2.45, 2.75) is 59.2 Å². The molecule has 4 atom stereocenters. The third-order valence-corrected chi connectivity index (χ3v) is 4.50. The van der Waals surface area contributed by atoms with Gasteiger partial charge in [-0.05, 0) is 18.8 Å². The van der Waals surface area contributed by atoms with E-state index in [-0.39, 0.29) is 0 Å². The Hall–Kier alpha value is -0.120. The second kappa shape index (κ2) is 7.46. The summed E-state index contributed by atoms with van der Waals surface area (Å²) in [7, 11) is 1.80. The molecule has 1 rings (SSSR count). The lowest BCUT2D eigenvalue weighted by Crippen LogP contribution is -2.62. The maximum Gasteiger partial charge on any atom is 0.0615 e. The van der Waals surface area contributed by atoms with Crippen LogP contribution >= 0.6 is 0 Å². The summed E-state index contributed by atoms with van der Waals surface area (Å²) in [4.78, 5) is 2.67. The van der Waals surface area contributed by atoms with E-state index in [0.717, 1.165) is 25.6 Å². The van der Waals surface area contributed by atoms with Gasteiger partial charge in [-0.3, -0.25) is 4.90 Å². The Morgan fingerprint density at radius 3 is 2.44 bits per heavy atom. The van der Waals surface area contributed by atoms with Crippen LogP contribution in [0.5, 0.6) is 0 Å². The first-order chi connectivity index (χ1) is 8.51. The third-order valence-electron chi connectivity index (χ3n) is 4.50. The maximum absolute atomic E-state index is 5.35. The number of nitrogens with one attached hydrogen (secondary N) is 1. The summed E-state index contributed by atoms with van der Waals surface area (Å²) in [5.41, 5.74) is 0. The van der Waals surface area contributed by atoms with Gasteiger partial charge < -0.3 is 10.1 Å². The Labute approximate surface area is 113 Å². The molecule has 0 aromatic heterocycles. The van der Waals surface area contributed by atoms with Crippen LogP contribution in [0.4, 0.5) is 0 Å². The molecule has 1 N–H and O–H groups in total. The third kappa shape index (κ3) is 3.94. The lowest BCUT2D eigenvalue weighted by atomic mass is 9.90. The Bertz CT molecular complexity index is 233. The van der Waals surface area contributed by atoms with Crippen molar-refractivity contribution in [3.05, 3.63) is 0 Å². The molecule has 0 radical (unpaired) electrons. The quantitative estimate of drug-likeness (QED) is 0.789. The predicted octanol–water partition coefficient (Wildman–Crippen LogP) is 2.37. The smallest absolute Gasteiger partial charge is 0.0615 e.